The average molecular weight is 344 g/mol. The van der Waals surface area contributed by atoms with Crippen LogP contribution in [0.3, 0.4) is 0 Å². The van der Waals surface area contributed by atoms with Crippen LogP contribution in [0.2, 0.25) is 0 Å². The predicted octanol–water partition coefficient (Wildman–Crippen LogP) is 2.95. The highest BCUT2D eigenvalue weighted by atomic mass is 16.5. The minimum atomic E-state index is 0.0315. The van der Waals surface area contributed by atoms with Crippen molar-refractivity contribution < 1.29 is 14.3 Å². The smallest absolute Gasteiger partial charge is 0.253 e. The van der Waals surface area contributed by atoms with Crippen molar-refractivity contribution in [2.75, 3.05) is 26.2 Å². The third-order valence-corrected chi connectivity index (χ3v) is 5.06. The fraction of sp³-hybridized carbons (Fsp3) is 0.600. The summed E-state index contributed by atoms with van der Waals surface area (Å²) in [6, 6.07) is 7.31. The van der Waals surface area contributed by atoms with E-state index in [1.54, 1.807) is 0 Å². The molecule has 0 aromatic heterocycles. The fourth-order valence-electron chi connectivity index (χ4n) is 3.69. The van der Waals surface area contributed by atoms with E-state index < -0.39 is 0 Å². The molecule has 3 rings (SSSR count). The van der Waals surface area contributed by atoms with Crippen molar-refractivity contribution in [2.45, 2.75) is 45.6 Å². The summed E-state index contributed by atoms with van der Waals surface area (Å²) in [6.07, 6.45) is 4.52. The Hall–Kier alpha value is -2.04. The number of benzene rings is 1. The van der Waals surface area contributed by atoms with Gasteiger partial charge in [0.15, 0.2) is 0 Å². The van der Waals surface area contributed by atoms with Crippen molar-refractivity contribution >= 4 is 11.8 Å². The van der Waals surface area contributed by atoms with Gasteiger partial charge in [0.1, 0.15) is 5.75 Å². The molecule has 0 bridgehead atoms. The topological polar surface area (TPSA) is 49.9 Å². The van der Waals surface area contributed by atoms with Gasteiger partial charge in [0.2, 0.25) is 5.91 Å². The van der Waals surface area contributed by atoms with Gasteiger partial charge in [-0.05, 0) is 51.0 Å². The maximum Gasteiger partial charge on any atom is 0.253 e. The first-order valence-corrected chi connectivity index (χ1v) is 9.39. The summed E-state index contributed by atoms with van der Waals surface area (Å²) in [5.74, 6) is 1.32. The number of carbonyl (C=O) groups is 2. The van der Waals surface area contributed by atoms with Crippen LogP contribution >= 0.6 is 0 Å². The highest BCUT2D eigenvalue weighted by Gasteiger charge is 2.30. The number of amides is 2. The zero-order valence-electron chi connectivity index (χ0n) is 15.2. The second kappa shape index (κ2) is 7.89. The molecule has 136 valence electrons. The molecule has 2 fully saturated rings. The first kappa shape index (κ1) is 17.8. The Kier molecular flexibility index (Phi) is 5.61. The Morgan fingerprint density at radius 2 is 1.52 bits per heavy atom. The Bertz CT molecular complexity index is 598. The van der Waals surface area contributed by atoms with Crippen molar-refractivity contribution in [2.24, 2.45) is 5.92 Å². The van der Waals surface area contributed by atoms with Crippen LogP contribution in [0.25, 0.3) is 0 Å². The van der Waals surface area contributed by atoms with Gasteiger partial charge < -0.3 is 14.5 Å². The second-order valence-electron chi connectivity index (χ2n) is 7.29. The number of hydrogen-bond donors (Lipinski definition) is 0. The zero-order chi connectivity index (χ0) is 17.8. The molecule has 5 heteroatoms. The molecule has 1 saturated heterocycles. The van der Waals surface area contributed by atoms with Crippen molar-refractivity contribution in [3.05, 3.63) is 29.8 Å². The molecule has 1 saturated carbocycles. The monoisotopic (exact) mass is 344 g/mol. The highest BCUT2D eigenvalue weighted by molar-refractivity contribution is 5.94. The number of hydrogen-bond acceptors (Lipinski definition) is 3. The molecule has 1 aliphatic carbocycles. The van der Waals surface area contributed by atoms with Crippen LogP contribution in [0.4, 0.5) is 0 Å². The van der Waals surface area contributed by atoms with E-state index in [9.17, 15) is 9.59 Å². The molecule has 0 atom stereocenters. The van der Waals surface area contributed by atoms with E-state index in [0.29, 0.717) is 37.6 Å². The Morgan fingerprint density at radius 3 is 2.08 bits per heavy atom. The third kappa shape index (κ3) is 4.33. The lowest BCUT2D eigenvalue weighted by atomic mass is 10.1. The summed E-state index contributed by atoms with van der Waals surface area (Å²) in [5.41, 5.74) is 0.673. The maximum absolute atomic E-state index is 12.6. The summed E-state index contributed by atoms with van der Waals surface area (Å²) in [7, 11) is 0. The lowest BCUT2D eigenvalue weighted by molar-refractivity contribution is -0.136. The lowest BCUT2D eigenvalue weighted by Crippen LogP contribution is -2.51. The summed E-state index contributed by atoms with van der Waals surface area (Å²) in [5, 5.41) is 0. The van der Waals surface area contributed by atoms with Gasteiger partial charge >= 0.3 is 0 Å². The average Bonchev–Trinajstić information content (AvgIpc) is 3.15. The Labute approximate surface area is 149 Å². The van der Waals surface area contributed by atoms with Gasteiger partial charge in [-0.2, -0.15) is 0 Å². The Balaban J connectivity index is 1.53. The summed E-state index contributed by atoms with van der Waals surface area (Å²) >= 11 is 0. The molecule has 1 aromatic rings. The summed E-state index contributed by atoms with van der Waals surface area (Å²) in [6.45, 7) is 6.48. The molecule has 2 aliphatic rings. The maximum atomic E-state index is 12.6. The van der Waals surface area contributed by atoms with E-state index in [1.165, 1.54) is 12.8 Å². The molecule has 0 radical (unpaired) electrons. The summed E-state index contributed by atoms with van der Waals surface area (Å²) < 4.78 is 5.61. The van der Waals surface area contributed by atoms with E-state index in [2.05, 4.69) is 0 Å². The number of nitrogens with zero attached hydrogens (tertiary/aromatic N) is 2. The molecule has 0 spiro atoms. The van der Waals surface area contributed by atoms with E-state index in [-0.39, 0.29) is 17.9 Å². The number of carbonyl (C=O) groups excluding carboxylic acids is 2. The largest absolute Gasteiger partial charge is 0.491 e. The molecular formula is C20H28N2O3. The van der Waals surface area contributed by atoms with Crippen LogP contribution in [-0.2, 0) is 4.79 Å². The van der Waals surface area contributed by atoms with Crippen LogP contribution in [0, 0.1) is 5.92 Å². The van der Waals surface area contributed by atoms with Gasteiger partial charge in [0.25, 0.3) is 5.91 Å². The molecule has 5 nitrogen and oxygen atoms in total. The van der Waals surface area contributed by atoms with E-state index in [4.69, 9.17) is 4.74 Å². The lowest BCUT2D eigenvalue weighted by Gasteiger charge is -2.36. The first-order valence-electron chi connectivity index (χ1n) is 9.39. The van der Waals surface area contributed by atoms with Gasteiger partial charge in [-0.3, -0.25) is 9.59 Å². The standard InChI is InChI=1S/C20H28N2O3/c1-15(2)25-18-9-7-17(8-10-18)20(24)22-13-11-21(12-14-22)19(23)16-5-3-4-6-16/h7-10,15-16H,3-6,11-14H2,1-2H3. The highest BCUT2D eigenvalue weighted by Crippen LogP contribution is 2.27. The number of ether oxygens (including phenoxy) is 1. The van der Waals surface area contributed by atoms with Gasteiger partial charge in [-0.1, -0.05) is 12.8 Å². The van der Waals surface area contributed by atoms with Crippen LogP contribution < -0.4 is 4.74 Å². The van der Waals surface area contributed by atoms with Gasteiger partial charge in [0, 0.05) is 37.7 Å². The predicted molar refractivity (Wildman–Crippen MR) is 96.6 cm³/mol. The van der Waals surface area contributed by atoms with Crippen LogP contribution in [0.1, 0.15) is 49.9 Å². The van der Waals surface area contributed by atoms with Crippen molar-refractivity contribution in [3.8, 4) is 5.75 Å². The molecule has 2 amide bonds. The van der Waals surface area contributed by atoms with Crippen molar-refractivity contribution in [1.29, 1.82) is 0 Å². The molecule has 0 unspecified atom stereocenters. The molecule has 1 aliphatic heterocycles. The zero-order valence-corrected chi connectivity index (χ0v) is 15.2. The molecular weight excluding hydrogens is 316 g/mol. The first-order chi connectivity index (χ1) is 12.0. The van der Waals surface area contributed by atoms with Crippen molar-refractivity contribution in [1.82, 2.24) is 9.80 Å². The van der Waals surface area contributed by atoms with Crippen LogP contribution in [0.15, 0.2) is 24.3 Å². The minimum absolute atomic E-state index is 0.0315. The van der Waals surface area contributed by atoms with Crippen LogP contribution in [-0.4, -0.2) is 53.9 Å². The van der Waals surface area contributed by atoms with E-state index >= 15 is 0 Å². The fourth-order valence-corrected chi connectivity index (χ4v) is 3.69. The number of piperazine rings is 1. The summed E-state index contributed by atoms with van der Waals surface area (Å²) in [4.78, 5) is 28.9. The van der Waals surface area contributed by atoms with Crippen molar-refractivity contribution in [3.63, 3.8) is 0 Å². The van der Waals surface area contributed by atoms with Gasteiger partial charge in [-0.25, -0.2) is 0 Å². The van der Waals surface area contributed by atoms with E-state index in [0.717, 1.165) is 18.6 Å². The van der Waals surface area contributed by atoms with Crippen LogP contribution in [0.5, 0.6) is 5.75 Å². The van der Waals surface area contributed by atoms with Gasteiger partial charge in [0.05, 0.1) is 6.10 Å². The third-order valence-electron chi connectivity index (χ3n) is 5.06. The van der Waals surface area contributed by atoms with Gasteiger partial charge in [-0.15, -0.1) is 0 Å². The SMILES string of the molecule is CC(C)Oc1ccc(C(=O)N2CCN(C(=O)C3CCCC3)CC2)cc1. The minimum Gasteiger partial charge on any atom is -0.491 e. The normalized spacial score (nSPS) is 18.7. The molecule has 25 heavy (non-hydrogen) atoms. The Morgan fingerprint density at radius 1 is 0.960 bits per heavy atom. The second-order valence-corrected chi connectivity index (χ2v) is 7.29. The molecule has 1 heterocycles. The quantitative estimate of drug-likeness (QED) is 0.844. The molecule has 1 aromatic carbocycles. The number of rotatable bonds is 4. The van der Waals surface area contributed by atoms with E-state index in [1.807, 2.05) is 47.9 Å². The molecule has 0 N–H and O–H groups in total.